The van der Waals surface area contributed by atoms with Crippen molar-refractivity contribution < 1.29 is 19.2 Å². The van der Waals surface area contributed by atoms with Crippen LogP contribution >= 0.6 is 15.9 Å². The van der Waals surface area contributed by atoms with Gasteiger partial charge in [-0.15, -0.1) is 0 Å². The van der Waals surface area contributed by atoms with Crippen LogP contribution in [0.1, 0.15) is 44.4 Å². The highest BCUT2D eigenvalue weighted by molar-refractivity contribution is 9.10. The summed E-state index contributed by atoms with van der Waals surface area (Å²) in [7, 11) is 0.964. The summed E-state index contributed by atoms with van der Waals surface area (Å²) in [5, 5.41) is 0. The smallest absolute Gasteiger partial charge is 0.320 e. The first-order valence-electron chi connectivity index (χ1n) is 8.70. The molecule has 3 aliphatic rings. The average molecular weight is 485 g/mol. The molecule has 3 fully saturated rings. The van der Waals surface area contributed by atoms with Crippen molar-refractivity contribution in [1.82, 2.24) is 9.80 Å². The number of carbonyl (C=O) groups excluding carboxylic acids is 4. The minimum atomic E-state index is -0.888. The molecule has 9 heteroatoms. The van der Waals surface area contributed by atoms with Gasteiger partial charge in [0.25, 0.3) is 11.8 Å². The largest absolute Gasteiger partial charge is 0.373 e. The summed E-state index contributed by atoms with van der Waals surface area (Å²) in [4.78, 5) is 44.6. The summed E-state index contributed by atoms with van der Waals surface area (Å²) in [6, 6.07) is 6.00. The monoisotopic (exact) mass is 484 g/mol. The number of likely N-dealkylation sites (N-methyl/N-ethyl adjacent to an activating group) is 1. The van der Waals surface area contributed by atoms with Gasteiger partial charge in [-0.1, -0.05) is 45.3 Å². The molecule has 3 heterocycles. The molecule has 0 aromatic heterocycles. The van der Waals surface area contributed by atoms with Crippen molar-refractivity contribution in [1.29, 1.82) is 0 Å². The Morgan fingerprint density at radius 3 is 2.36 bits per heavy atom. The predicted molar refractivity (Wildman–Crippen MR) is 111 cm³/mol. The van der Waals surface area contributed by atoms with Gasteiger partial charge in [0.1, 0.15) is 0 Å². The third kappa shape index (κ3) is 2.39. The van der Waals surface area contributed by atoms with Gasteiger partial charge in [0.2, 0.25) is 0 Å². The summed E-state index contributed by atoms with van der Waals surface area (Å²) in [5.74, 6) is 0.0130. The summed E-state index contributed by atoms with van der Waals surface area (Å²) in [6.45, 7) is 8.20. The van der Waals surface area contributed by atoms with E-state index in [-0.39, 0.29) is 29.4 Å². The molecule has 3 saturated heterocycles. The van der Waals surface area contributed by atoms with Crippen molar-refractivity contribution in [2.75, 3.05) is 7.05 Å². The van der Waals surface area contributed by atoms with Crippen molar-refractivity contribution in [3.63, 3.8) is 0 Å². The van der Waals surface area contributed by atoms with Gasteiger partial charge >= 0.3 is 6.15 Å². The normalized spacial score (nSPS) is 34.8. The van der Waals surface area contributed by atoms with E-state index in [4.69, 9.17) is 20.8 Å². The number of rotatable bonds is 1. The zero-order valence-electron chi connectivity index (χ0n) is 16.2. The van der Waals surface area contributed by atoms with Crippen LogP contribution in [0.2, 0.25) is 0 Å². The molecule has 0 N–H and O–H groups in total. The minimum absolute atomic E-state index is 0.00267. The number of carbonyl (C=O) groups is 2. The zero-order valence-corrected chi connectivity index (χ0v) is 19.5. The fourth-order valence-electron chi connectivity index (χ4n) is 4.87. The maximum absolute atomic E-state index is 13.5. The molecule has 3 aliphatic heterocycles. The lowest BCUT2D eigenvalue weighted by Gasteiger charge is -2.40. The molecule has 1 spiro atoms. The number of aryl methyl sites for hydroxylation is 1. The van der Waals surface area contributed by atoms with Crippen molar-refractivity contribution in [3.8, 4) is 0 Å². The van der Waals surface area contributed by atoms with E-state index in [2.05, 4.69) is 48.8 Å². The van der Waals surface area contributed by atoms with Gasteiger partial charge in [-0.2, -0.15) is 9.59 Å². The maximum atomic E-state index is 13.5. The van der Waals surface area contributed by atoms with E-state index in [1.165, 1.54) is 0 Å². The van der Waals surface area contributed by atoms with Crippen LogP contribution in [-0.4, -0.2) is 44.6 Å². The number of halogens is 1. The number of piperazine rings is 1. The highest BCUT2D eigenvalue weighted by Gasteiger charge is 2.79. The SMILES string of the molecule is Cc1ccc(Br)cc1C1N2C(=O)C3(C)N(C)C(=O)C2(CC1(C)C)S3=S.O=C=O. The van der Waals surface area contributed by atoms with Crippen LogP contribution in [0.25, 0.3) is 0 Å². The highest BCUT2D eigenvalue weighted by Crippen LogP contribution is 2.65. The molecule has 1 aromatic carbocycles. The Hall–Kier alpha value is -1.41. The van der Waals surface area contributed by atoms with Gasteiger partial charge in [0.05, 0.1) is 6.04 Å². The van der Waals surface area contributed by atoms with Gasteiger partial charge in [0.15, 0.2) is 9.74 Å². The van der Waals surface area contributed by atoms with Crippen molar-refractivity contribution in [2.24, 2.45) is 5.41 Å². The predicted octanol–water partition coefficient (Wildman–Crippen LogP) is 2.45. The van der Waals surface area contributed by atoms with Crippen LogP contribution in [0.5, 0.6) is 0 Å². The fourth-order valence-corrected chi connectivity index (χ4v) is 8.84. The fraction of sp³-hybridized carbons (Fsp3) is 0.526. The molecule has 2 amide bonds. The summed E-state index contributed by atoms with van der Waals surface area (Å²) < 4.78 is 0.980. The van der Waals surface area contributed by atoms with E-state index >= 15 is 0 Å². The molecular weight excluding hydrogens is 464 g/mol. The third-order valence-corrected chi connectivity index (χ3v) is 10.8. The van der Waals surface area contributed by atoms with E-state index in [1.807, 2.05) is 17.9 Å². The van der Waals surface area contributed by atoms with Crippen molar-refractivity contribution in [3.05, 3.63) is 33.8 Å². The van der Waals surface area contributed by atoms with Crippen LogP contribution < -0.4 is 0 Å². The first kappa shape index (κ1) is 21.3. The molecule has 28 heavy (non-hydrogen) atoms. The lowest BCUT2D eigenvalue weighted by molar-refractivity contribution is -0.191. The topological polar surface area (TPSA) is 74.8 Å². The number of hydrogen-bond acceptors (Lipinski definition) is 5. The standard InChI is InChI=1S/C18H21BrN2O2S2.CO2/c1-10-6-7-11(19)8-12(10)13-16(2,3)9-18-15(23)20(5)17(4,25(18)24)14(22)21(13)18;2-1-3/h6-8,13H,9H2,1-5H3;. The second kappa shape index (κ2) is 6.55. The second-order valence-corrected chi connectivity index (χ2v) is 12.2. The number of hydrogen-bond donors (Lipinski definition) is 0. The van der Waals surface area contributed by atoms with Crippen LogP contribution in [0.4, 0.5) is 0 Å². The quantitative estimate of drug-likeness (QED) is 0.611. The lowest BCUT2D eigenvalue weighted by atomic mass is 9.79. The van der Waals surface area contributed by atoms with Crippen LogP contribution in [0.3, 0.4) is 0 Å². The highest BCUT2D eigenvalue weighted by atomic mass is 79.9. The van der Waals surface area contributed by atoms with Crippen molar-refractivity contribution >= 4 is 54.5 Å². The van der Waals surface area contributed by atoms with Crippen LogP contribution in [-0.2, 0) is 39.8 Å². The Morgan fingerprint density at radius 1 is 1.21 bits per heavy atom. The zero-order chi connectivity index (χ0) is 21.2. The van der Waals surface area contributed by atoms with E-state index in [0.717, 1.165) is 15.6 Å². The van der Waals surface area contributed by atoms with Gasteiger partial charge in [-0.05, 0) is 60.1 Å². The van der Waals surface area contributed by atoms with E-state index in [9.17, 15) is 9.59 Å². The molecule has 150 valence electrons. The minimum Gasteiger partial charge on any atom is -0.320 e. The molecule has 0 saturated carbocycles. The Balaban J connectivity index is 0.000000706. The van der Waals surface area contributed by atoms with Crippen LogP contribution in [0.15, 0.2) is 22.7 Å². The van der Waals surface area contributed by atoms with Crippen LogP contribution in [0, 0.1) is 12.3 Å². The number of benzene rings is 1. The van der Waals surface area contributed by atoms with Crippen molar-refractivity contribution in [2.45, 2.75) is 49.9 Å². The first-order chi connectivity index (χ1) is 12.9. The summed E-state index contributed by atoms with van der Waals surface area (Å²) in [6.07, 6.45) is 0.869. The molecule has 0 radical (unpaired) electrons. The number of amides is 2. The van der Waals surface area contributed by atoms with E-state index < -0.39 is 19.2 Å². The average Bonchev–Trinajstić information content (AvgIpc) is 3.02. The second-order valence-electron chi connectivity index (χ2n) is 8.23. The summed E-state index contributed by atoms with van der Waals surface area (Å²) >= 11 is 9.40. The molecule has 1 aromatic rings. The Bertz CT molecular complexity index is 959. The molecule has 6 nitrogen and oxygen atoms in total. The molecule has 4 unspecified atom stereocenters. The van der Waals surface area contributed by atoms with Gasteiger partial charge in [0, 0.05) is 11.5 Å². The number of nitrogens with zero attached hydrogens (tertiary/aromatic N) is 2. The third-order valence-electron chi connectivity index (χ3n) is 6.18. The summed E-state index contributed by atoms with van der Waals surface area (Å²) in [5.41, 5.74) is 2.00. The van der Waals surface area contributed by atoms with Gasteiger partial charge in [-0.25, -0.2) is 0 Å². The van der Waals surface area contributed by atoms with E-state index in [1.54, 1.807) is 11.9 Å². The number of fused-ring (bicyclic) bond motifs is 1. The maximum Gasteiger partial charge on any atom is 0.373 e. The molecule has 0 aliphatic carbocycles. The van der Waals surface area contributed by atoms with E-state index in [0.29, 0.717) is 6.42 Å². The van der Waals surface area contributed by atoms with Gasteiger partial charge < -0.3 is 9.80 Å². The Labute approximate surface area is 179 Å². The first-order valence-corrected chi connectivity index (χ1v) is 11.6. The molecule has 2 bridgehead atoms. The molecule has 4 atom stereocenters. The molecular formula is C19H21BrN2O4S2. The van der Waals surface area contributed by atoms with Gasteiger partial charge in [-0.3, -0.25) is 9.59 Å². The molecule has 4 rings (SSSR count). The lowest BCUT2D eigenvalue weighted by Crippen LogP contribution is -2.60. The Morgan fingerprint density at radius 2 is 1.79 bits per heavy atom. The Kier molecular flexibility index (Phi) is 4.99.